The van der Waals surface area contributed by atoms with Crippen molar-refractivity contribution in [1.29, 1.82) is 0 Å². The quantitative estimate of drug-likeness (QED) is 0.908. The number of benzene rings is 1. The van der Waals surface area contributed by atoms with E-state index in [2.05, 4.69) is 52.5 Å². The van der Waals surface area contributed by atoms with Crippen LogP contribution in [-0.4, -0.2) is 18.1 Å². The van der Waals surface area contributed by atoms with Crippen LogP contribution >= 0.6 is 0 Å². The van der Waals surface area contributed by atoms with Gasteiger partial charge in [-0.1, -0.05) is 24.3 Å². The largest absolute Gasteiger partial charge is 0.371 e. The van der Waals surface area contributed by atoms with Crippen LogP contribution in [-0.2, 0) is 6.54 Å². The minimum absolute atomic E-state index is 0.262. The SMILES string of the molecule is C[C@@H](NCc1ccccc1N1CCCC1)c1ccccn1. The van der Waals surface area contributed by atoms with Gasteiger partial charge in [0, 0.05) is 37.6 Å². The summed E-state index contributed by atoms with van der Waals surface area (Å²) in [5, 5.41) is 3.59. The molecule has 1 saturated heterocycles. The van der Waals surface area contributed by atoms with Crippen LogP contribution in [0.1, 0.15) is 37.1 Å². The summed E-state index contributed by atoms with van der Waals surface area (Å²) in [5.41, 5.74) is 3.86. The zero-order valence-electron chi connectivity index (χ0n) is 12.6. The second-order valence-electron chi connectivity index (χ2n) is 5.68. The Balaban J connectivity index is 1.68. The smallest absolute Gasteiger partial charge is 0.0570 e. The predicted octanol–water partition coefficient (Wildman–Crippen LogP) is 3.53. The summed E-state index contributed by atoms with van der Waals surface area (Å²) in [6, 6.07) is 15.1. The van der Waals surface area contributed by atoms with Crippen molar-refractivity contribution in [2.75, 3.05) is 18.0 Å². The number of hydrogen-bond donors (Lipinski definition) is 1. The topological polar surface area (TPSA) is 28.2 Å². The molecule has 1 aliphatic heterocycles. The van der Waals surface area contributed by atoms with Crippen molar-refractivity contribution in [1.82, 2.24) is 10.3 Å². The maximum absolute atomic E-state index is 4.42. The molecule has 0 aliphatic carbocycles. The molecule has 1 N–H and O–H groups in total. The van der Waals surface area contributed by atoms with Crippen LogP contribution in [0.25, 0.3) is 0 Å². The maximum Gasteiger partial charge on any atom is 0.0570 e. The highest BCUT2D eigenvalue weighted by atomic mass is 15.1. The number of pyridine rings is 1. The number of aromatic nitrogens is 1. The lowest BCUT2D eigenvalue weighted by atomic mass is 10.1. The van der Waals surface area contributed by atoms with E-state index in [0.717, 1.165) is 12.2 Å². The Morgan fingerprint density at radius 1 is 1.10 bits per heavy atom. The number of nitrogens with one attached hydrogen (secondary N) is 1. The van der Waals surface area contributed by atoms with Gasteiger partial charge in [0.05, 0.1) is 5.69 Å². The van der Waals surface area contributed by atoms with E-state index in [1.807, 2.05) is 18.3 Å². The zero-order valence-corrected chi connectivity index (χ0v) is 12.6. The van der Waals surface area contributed by atoms with Crippen molar-refractivity contribution in [3.05, 3.63) is 59.9 Å². The Labute approximate surface area is 127 Å². The molecule has 0 bridgehead atoms. The summed E-state index contributed by atoms with van der Waals surface area (Å²) in [4.78, 5) is 6.92. The molecule has 3 rings (SSSR count). The van der Waals surface area contributed by atoms with Gasteiger partial charge in [-0.3, -0.25) is 4.98 Å². The summed E-state index contributed by atoms with van der Waals surface area (Å²) in [5.74, 6) is 0. The van der Waals surface area contributed by atoms with Gasteiger partial charge in [-0.05, 0) is 43.5 Å². The second-order valence-corrected chi connectivity index (χ2v) is 5.68. The lowest BCUT2D eigenvalue weighted by Crippen LogP contribution is -2.23. The van der Waals surface area contributed by atoms with Gasteiger partial charge in [0.2, 0.25) is 0 Å². The Kier molecular flexibility index (Phi) is 4.51. The van der Waals surface area contributed by atoms with Gasteiger partial charge >= 0.3 is 0 Å². The number of nitrogens with zero attached hydrogens (tertiary/aromatic N) is 2. The Hall–Kier alpha value is -1.87. The first-order valence-corrected chi connectivity index (χ1v) is 7.82. The molecule has 0 radical (unpaired) electrons. The highest BCUT2D eigenvalue weighted by Gasteiger charge is 2.15. The van der Waals surface area contributed by atoms with Crippen LogP contribution in [0.4, 0.5) is 5.69 Å². The number of hydrogen-bond acceptors (Lipinski definition) is 3. The van der Waals surface area contributed by atoms with E-state index in [4.69, 9.17) is 0 Å². The van der Waals surface area contributed by atoms with Crippen molar-refractivity contribution >= 4 is 5.69 Å². The molecule has 1 atom stereocenters. The molecule has 3 heteroatoms. The molecule has 2 heterocycles. The van der Waals surface area contributed by atoms with E-state index in [9.17, 15) is 0 Å². The molecular formula is C18H23N3. The first-order chi connectivity index (χ1) is 10.3. The average Bonchev–Trinajstić information content (AvgIpc) is 3.08. The zero-order chi connectivity index (χ0) is 14.5. The average molecular weight is 281 g/mol. The van der Waals surface area contributed by atoms with Gasteiger partial charge in [0.25, 0.3) is 0 Å². The van der Waals surface area contributed by atoms with Crippen LogP contribution in [0.3, 0.4) is 0 Å². The third kappa shape index (κ3) is 3.42. The molecule has 0 unspecified atom stereocenters. The van der Waals surface area contributed by atoms with Gasteiger partial charge in [0.1, 0.15) is 0 Å². The third-order valence-electron chi connectivity index (χ3n) is 4.17. The van der Waals surface area contributed by atoms with Gasteiger partial charge in [-0.15, -0.1) is 0 Å². The third-order valence-corrected chi connectivity index (χ3v) is 4.17. The summed E-state index contributed by atoms with van der Waals surface area (Å²) < 4.78 is 0. The monoisotopic (exact) mass is 281 g/mol. The summed E-state index contributed by atoms with van der Waals surface area (Å²) in [7, 11) is 0. The molecule has 1 aliphatic rings. The van der Waals surface area contributed by atoms with Crippen LogP contribution in [0.2, 0.25) is 0 Å². The minimum Gasteiger partial charge on any atom is -0.371 e. The Morgan fingerprint density at radius 2 is 1.86 bits per heavy atom. The fourth-order valence-corrected chi connectivity index (χ4v) is 2.93. The number of rotatable bonds is 5. The number of anilines is 1. The summed E-state index contributed by atoms with van der Waals surface area (Å²) in [6.45, 7) is 5.42. The molecule has 110 valence electrons. The Bertz CT molecular complexity index is 562. The van der Waals surface area contributed by atoms with E-state index < -0.39 is 0 Å². The van der Waals surface area contributed by atoms with E-state index >= 15 is 0 Å². The summed E-state index contributed by atoms with van der Waals surface area (Å²) in [6.07, 6.45) is 4.48. The van der Waals surface area contributed by atoms with Crippen molar-refractivity contribution < 1.29 is 0 Å². The molecule has 1 aromatic heterocycles. The summed E-state index contributed by atoms with van der Waals surface area (Å²) >= 11 is 0. The highest BCUT2D eigenvalue weighted by Crippen LogP contribution is 2.24. The molecule has 1 fully saturated rings. The van der Waals surface area contributed by atoms with Crippen molar-refractivity contribution in [2.45, 2.75) is 32.4 Å². The van der Waals surface area contributed by atoms with Gasteiger partial charge < -0.3 is 10.2 Å². The van der Waals surface area contributed by atoms with E-state index in [0.29, 0.717) is 0 Å². The molecule has 0 amide bonds. The van der Waals surface area contributed by atoms with Crippen molar-refractivity contribution in [2.24, 2.45) is 0 Å². The molecule has 2 aromatic rings. The maximum atomic E-state index is 4.42. The van der Waals surface area contributed by atoms with Gasteiger partial charge in [-0.25, -0.2) is 0 Å². The lowest BCUT2D eigenvalue weighted by molar-refractivity contribution is 0.561. The van der Waals surface area contributed by atoms with Crippen molar-refractivity contribution in [3.8, 4) is 0 Å². The van der Waals surface area contributed by atoms with E-state index in [1.54, 1.807) is 0 Å². The fraction of sp³-hybridized carbons (Fsp3) is 0.389. The normalized spacial score (nSPS) is 16.1. The van der Waals surface area contributed by atoms with Crippen LogP contribution in [0.5, 0.6) is 0 Å². The molecule has 1 aromatic carbocycles. The number of para-hydroxylation sites is 1. The molecule has 3 nitrogen and oxygen atoms in total. The van der Waals surface area contributed by atoms with E-state index in [1.165, 1.54) is 37.2 Å². The van der Waals surface area contributed by atoms with Crippen LogP contribution < -0.4 is 10.2 Å². The van der Waals surface area contributed by atoms with Gasteiger partial charge in [0.15, 0.2) is 0 Å². The Morgan fingerprint density at radius 3 is 2.62 bits per heavy atom. The second kappa shape index (κ2) is 6.72. The lowest BCUT2D eigenvalue weighted by Gasteiger charge is -2.22. The predicted molar refractivity (Wildman–Crippen MR) is 87.4 cm³/mol. The van der Waals surface area contributed by atoms with Crippen LogP contribution in [0.15, 0.2) is 48.7 Å². The minimum atomic E-state index is 0.262. The first-order valence-electron chi connectivity index (χ1n) is 7.82. The molecule has 21 heavy (non-hydrogen) atoms. The van der Waals surface area contributed by atoms with Crippen molar-refractivity contribution in [3.63, 3.8) is 0 Å². The molecule has 0 saturated carbocycles. The molecular weight excluding hydrogens is 258 g/mol. The van der Waals surface area contributed by atoms with Crippen LogP contribution in [0, 0.1) is 0 Å². The van der Waals surface area contributed by atoms with E-state index in [-0.39, 0.29) is 6.04 Å². The first kappa shape index (κ1) is 14.1. The molecule has 0 spiro atoms. The van der Waals surface area contributed by atoms with Gasteiger partial charge in [-0.2, -0.15) is 0 Å². The highest BCUT2D eigenvalue weighted by molar-refractivity contribution is 5.54. The standard InChI is InChI=1S/C18H23N3/c1-15(17-9-4-5-11-19-17)20-14-16-8-2-3-10-18(16)21-12-6-7-13-21/h2-5,8-11,15,20H,6-7,12-14H2,1H3/t15-/m1/s1. The fourth-order valence-electron chi connectivity index (χ4n) is 2.93.